The van der Waals surface area contributed by atoms with Gasteiger partial charge in [-0.05, 0) is 46.9 Å². The number of nitrogens with zero attached hydrogens (tertiary/aromatic N) is 2. The van der Waals surface area contributed by atoms with E-state index >= 15 is 0 Å². The Kier molecular flexibility index (Phi) is 2.40. The van der Waals surface area contributed by atoms with Crippen molar-refractivity contribution in [3.05, 3.63) is 58.4 Å². The molecular weight excluding hydrogens is 311 g/mol. The first-order chi connectivity index (χ1) is 7.83. The van der Waals surface area contributed by atoms with Crippen LogP contribution in [0.2, 0.25) is 0 Å². The fourth-order valence-electron chi connectivity index (χ4n) is 1.69. The second-order valence-corrected chi connectivity index (χ2v) is 4.84. The molecule has 0 radical (unpaired) electrons. The van der Waals surface area contributed by atoms with Crippen LogP contribution in [0.15, 0.2) is 54.9 Å². The molecule has 0 unspecified atom stereocenters. The Balaban J connectivity index is 2.15. The second kappa shape index (κ2) is 3.90. The summed E-state index contributed by atoms with van der Waals surface area (Å²) < 4.78 is 3.28. The highest BCUT2D eigenvalue weighted by Gasteiger charge is 2.02. The van der Waals surface area contributed by atoms with E-state index < -0.39 is 0 Å². The van der Waals surface area contributed by atoms with Gasteiger partial charge in [-0.15, -0.1) is 0 Å². The quantitative estimate of drug-likeness (QED) is 0.626. The number of benzene rings is 1. The molecule has 0 aliphatic heterocycles. The summed E-state index contributed by atoms with van der Waals surface area (Å²) in [6.45, 7) is 0. The fraction of sp³-hybridized carbons (Fsp3) is 0. The van der Waals surface area contributed by atoms with Gasteiger partial charge in [0.15, 0.2) is 0 Å². The molecule has 1 aromatic carbocycles. The van der Waals surface area contributed by atoms with E-state index in [1.807, 2.05) is 28.8 Å². The van der Waals surface area contributed by atoms with E-state index in [2.05, 4.69) is 58.0 Å². The minimum absolute atomic E-state index is 0.982. The van der Waals surface area contributed by atoms with Gasteiger partial charge >= 0.3 is 0 Å². The molecule has 3 heteroatoms. The molecule has 3 aromatic rings. The normalized spacial score (nSPS) is 10.8. The number of hydrogen-bond acceptors (Lipinski definition) is 1. The van der Waals surface area contributed by atoms with E-state index in [9.17, 15) is 0 Å². The minimum Gasteiger partial charge on any atom is -0.306 e. The van der Waals surface area contributed by atoms with E-state index in [0.29, 0.717) is 0 Å². The third-order valence-corrected chi connectivity index (χ3v) is 3.22. The minimum atomic E-state index is 0.982. The third-order valence-electron chi connectivity index (χ3n) is 2.50. The van der Waals surface area contributed by atoms with Crippen molar-refractivity contribution in [1.82, 2.24) is 9.38 Å². The van der Waals surface area contributed by atoms with Gasteiger partial charge in [0.2, 0.25) is 0 Å². The van der Waals surface area contributed by atoms with Crippen LogP contribution in [0, 0.1) is 3.57 Å². The van der Waals surface area contributed by atoms with E-state index in [0.717, 1.165) is 16.9 Å². The van der Waals surface area contributed by atoms with Crippen molar-refractivity contribution >= 4 is 28.2 Å². The maximum Gasteiger partial charge on any atom is 0.137 e. The molecular formula is C13H9IN2. The first-order valence-corrected chi connectivity index (χ1v) is 6.10. The van der Waals surface area contributed by atoms with Gasteiger partial charge < -0.3 is 4.40 Å². The number of rotatable bonds is 1. The molecule has 2 aromatic heterocycles. The number of halogens is 1. The molecule has 0 spiro atoms. The molecule has 0 aliphatic rings. The molecule has 16 heavy (non-hydrogen) atoms. The summed E-state index contributed by atoms with van der Waals surface area (Å²) in [5.41, 5.74) is 3.16. The van der Waals surface area contributed by atoms with Gasteiger partial charge in [0.1, 0.15) is 5.65 Å². The molecule has 0 fully saturated rings. The van der Waals surface area contributed by atoms with Crippen molar-refractivity contribution in [2.24, 2.45) is 0 Å². The van der Waals surface area contributed by atoms with Gasteiger partial charge in [0, 0.05) is 21.5 Å². The van der Waals surface area contributed by atoms with Crippen LogP contribution in [0.3, 0.4) is 0 Å². The van der Waals surface area contributed by atoms with Crippen LogP contribution in [0.4, 0.5) is 0 Å². The smallest absolute Gasteiger partial charge is 0.137 e. The van der Waals surface area contributed by atoms with Crippen molar-refractivity contribution in [3.8, 4) is 11.3 Å². The standard InChI is InChI=1S/C13H9IN2/c14-11-6-4-10(5-7-11)12-9-16-8-2-1-3-13(16)15-12/h1-9H. The van der Waals surface area contributed by atoms with Crippen LogP contribution in [0.25, 0.3) is 16.9 Å². The summed E-state index contributed by atoms with van der Waals surface area (Å²) in [7, 11) is 0. The van der Waals surface area contributed by atoms with Gasteiger partial charge in [-0.1, -0.05) is 18.2 Å². The average Bonchev–Trinajstić information content (AvgIpc) is 2.73. The summed E-state index contributed by atoms with van der Waals surface area (Å²) in [6, 6.07) is 14.4. The molecule has 0 atom stereocenters. The number of aromatic nitrogens is 2. The summed E-state index contributed by atoms with van der Waals surface area (Å²) in [6.07, 6.45) is 4.07. The first-order valence-electron chi connectivity index (χ1n) is 5.02. The predicted molar refractivity (Wildman–Crippen MR) is 73.3 cm³/mol. The van der Waals surface area contributed by atoms with Crippen LogP contribution in [0.1, 0.15) is 0 Å². The zero-order chi connectivity index (χ0) is 11.0. The molecule has 3 rings (SSSR count). The van der Waals surface area contributed by atoms with Crippen LogP contribution < -0.4 is 0 Å². The van der Waals surface area contributed by atoms with Crippen molar-refractivity contribution in [2.75, 3.05) is 0 Å². The number of hydrogen-bond donors (Lipinski definition) is 0. The lowest BCUT2D eigenvalue weighted by Gasteiger charge is -1.95. The molecule has 0 bridgehead atoms. The largest absolute Gasteiger partial charge is 0.306 e. The zero-order valence-electron chi connectivity index (χ0n) is 8.47. The summed E-state index contributed by atoms with van der Waals surface area (Å²) in [5, 5.41) is 0. The van der Waals surface area contributed by atoms with Crippen molar-refractivity contribution in [3.63, 3.8) is 0 Å². The molecule has 0 saturated heterocycles. The van der Waals surface area contributed by atoms with Gasteiger partial charge in [-0.25, -0.2) is 4.98 Å². The molecule has 0 aliphatic carbocycles. The van der Waals surface area contributed by atoms with E-state index in [-0.39, 0.29) is 0 Å². The molecule has 2 heterocycles. The Hall–Kier alpha value is -1.36. The van der Waals surface area contributed by atoms with Crippen LogP contribution in [-0.2, 0) is 0 Å². The molecule has 0 saturated carbocycles. The monoisotopic (exact) mass is 320 g/mol. The average molecular weight is 320 g/mol. The van der Waals surface area contributed by atoms with Crippen LogP contribution in [-0.4, -0.2) is 9.38 Å². The zero-order valence-corrected chi connectivity index (χ0v) is 10.6. The van der Waals surface area contributed by atoms with Crippen molar-refractivity contribution in [1.29, 1.82) is 0 Å². The Morgan fingerprint density at radius 2 is 1.81 bits per heavy atom. The third kappa shape index (κ3) is 1.71. The van der Waals surface area contributed by atoms with E-state index in [1.54, 1.807) is 0 Å². The summed E-state index contributed by atoms with van der Waals surface area (Å²) in [5.74, 6) is 0. The summed E-state index contributed by atoms with van der Waals surface area (Å²) >= 11 is 2.30. The van der Waals surface area contributed by atoms with Crippen LogP contribution >= 0.6 is 22.6 Å². The Morgan fingerprint density at radius 3 is 2.56 bits per heavy atom. The molecule has 0 N–H and O–H groups in total. The predicted octanol–water partition coefficient (Wildman–Crippen LogP) is 3.61. The van der Waals surface area contributed by atoms with Crippen molar-refractivity contribution < 1.29 is 0 Å². The van der Waals surface area contributed by atoms with Gasteiger partial charge in [0.25, 0.3) is 0 Å². The lowest BCUT2D eigenvalue weighted by Crippen LogP contribution is -1.77. The molecule has 0 amide bonds. The van der Waals surface area contributed by atoms with E-state index in [4.69, 9.17) is 0 Å². The highest BCUT2D eigenvalue weighted by Crippen LogP contribution is 2.19. The topological polar surface area (TPSA) is 17.3 Å². The Labute approximate surface area is 107 Å². The number of pyridine rings is 1. The Bertz CT molecular complexity index is 593. The molecule has 2 nitrogen and oxygen atoms in total. The lowest BCUT2D eigenvalue weighted by atomic mass is 10.2. The van der Waals surface area contributed by atoms with E-state index in [1.165, 1.54) is 3.57 Å². The fourth-order valence-corrected chi connectivity index (χ4v) is 2.05. The Morgan fingerprint density at radius 1 is 1.00 bits per heavy atom. The SMILES string of the molecule is Ic1ccc(-c2cn3ccccc3n2)cc1. The van der Waals surface area contributed by atoms with Crippen LogP contribution in [0.5, 0.6) is 0 Å². The lowest BCUT2D eigenvalue weighted by molar-refractivity contribution is 1.19. The number of imidazole rings is 1. The maximum absolute atomic E-state index is 4.57. The number of fused-ring (bicyclic) bond motifs is 1. The van der Waals surface area contributed by atoms with Gasteiger partial charge in [-0.2, -0.15) is 0 Å². The highest BCUT2D eigenvalue weighted by atomic mass is 127. The van der Waals surface area contributed by atoms with Gasteiger partial charge in [-0.3, -0.25) is 0 Å². The second-order valence-electron chi connectivity index (χ2n) is 3.60. The molecule has 78 valence electrons. The van der Waals surface area contributed by atoms with Crippen molar-refractivity contribution in [2.45, 2.75) is 0 Å². The summed E-state index contributed by atoms with van der Waals surface area (Å²) in [4.78, 5) is 4.57. The van der Waals surface area contributed by atoms with Gasteiger partial charge in [0.05, 0.1) is 5.69 Å². The maximum atomic E-state index is 4.57. The first kappa shape index (κ1) is 9.84. The highest BCUT2D eigenvalue weighted by molar-refractivity contribution is 14.1.